The SMILES string of the molecule is O=C(O[n+]1ccccc1)N1CCCCC1. The van der Waals surface area contributed by atoms with Crippen molar-refractivity contribution in [1.29, 1.82) is 0 Å². The zero-order valence-electron chi connectivity index (χ0n) is 8.63. The van der Waals surface area contributed by atoms with Gasteiger partial charge in [-0.25, -0.2) is 4.79 Å². The fourth-order valence-electron chi connectivity index (χ4n) is 1.67. The zero-order chi connectivity index (χ0) is 10.5. The van der Waals surface area contributed by atoms with Crippen molar-refractivity contribution in [2.45, 2.75) is 19.3 Å². The third-order valence-electron chi connectivity index (χ3n) is 2.49. The summed E-state index contributed by atoms with van der Waals surface area (Å²) in [4.78, 5) is 18.6. The second-order valence-electron chi connectivity index (χ2n) is 3.64. The Morgan fingerprint density at radius 2 is 1.73 bits per heavy atom. The summed E-state index contributed by atoms with van der Waals surface area (Å²) >= 11 is 0. The molecule has 4 heteroatoms. The second kappa shape index (κ2) is 4.77. The van der Waals surface area contributed by atoms with Crippen LogP contribution in [0.15, 0.2) is 30.6 Å². The molecule has 1 aromatic rings. The highest BCUT2D eigenvalue weighted by atomic mass is 16.7. The van der Waals surface area contributed by atoms with Crippen molar-refractivity contribution in [1.82, 2.24) is 4.90 Å². The number of amides is 1. The van der Waals surface area contributed by atoms with E-state index in [1.54, 1.807) is 17.3 Å². The van der Waals surface area contributed by atoms with E-state index in [2.05, 4.69) is 0 Å². The molecule has 1 aromatic heterocycles. The molecule has 0 bridgehead atoms. The van der Waals surface area contributed by atoms with Gasteiger partial charge in [-0.15, -0.1) is 0 Å². The van der Waals surface area contributed by atoms with Crippen molar-refractivity contribution in [3.8, 4) is 0 Å². The minimum absolute atomic E-state index is 0.258. The lowest BCUT2D eigenvalue weighted by molar-refractivity contribution is -0.869. The van der Waals surface area contributed by atoms with Crippen LogP contribution in [-0.2, 0) is 0 Å². The third kappa shape index (κ3) is 2.68. The first-order chi connectivity index (χ1) is 7.36. The lowest BCUT2D eigenvalue weighted by Crippen LogP contribution is -2.51. The van der Waals surface area contributed by atoms with Crippen molar-refractivity contribution in [3.63, 3.8) is 0 Å². The van der Waals surface area contributed by atoms with E-state index in [1.165, 1.54) is 11.2 Å². The largest absolute Gasteiger partial charge is 0.478 e. The maximum atomic E-state index is 11.7. The summed E-state index contributed by atoms with van der Waals surface area (Å²) in [5, 5.41) is 0. The summed E-state index contributed by atoms with van der Waals surface area (Å²) in [5.41, 5.74) is 0. The molecule has 15 heavy (non-hydrogen) atoms. The highest BCUT2D eigenvalue weighted by molar-refractivity contribution is 5.67. The Labute approximate surface area is 89.0 Å². The minimum Gasteiger partial charge on any atom is -0.303 e. The Bertz CT molecular complexity index is 321. The molecule has 0 atom stereocenters. The van der Waals surface area contributed by atoms with Crippen LogP contribution in [0.5, 0.6) is 0 Å². The van der Waals surface area contributed by atoms with E-state index >= 15 is 0 Å². The van der Waals surface area contributed by atoms with Crippen molar-refractivity contribution in [3.05, 3.63) is 30.6 Å². The van der Waals surface area contributed by atoms with Gasteiger partial charge in [-0.05, 0) is 19.3 Å². The van der Waals surface area contributed by atoms with Crippen molar-refractivity contribution in [2.75, 3.05) is 13.1 Å². The highest BCUT2D eigenvalue weighted by Crippen LogP contribution is 2.08. The number of carbonyl (C=O) groups is 1. The zero-order valence-corrected chi connectivity index (χ0v) is 8.63. The molecule has 0 radical (unpaired) electrons. The molecule has 1 amide bonds. The molecule has 0 unspecified atom stereocenters. The van der Waals surface area contributed by atoms with Crippen LogP contribution in [0.2, 0.25) is 0 Å². The number of piperidine rings is 1. The smallest absolute Gasteiger partial charge is 0.303 e. The second-order valence-corrected chi connectivity index (χ2v) is 3.64. The van der Waals surface area contributed by atoms with E-state index in [1.807, 2.05) is 18.2 Å². The van der Waals surface area contributed by atoms with Gasteiger partial charge in [0.25, 0.3) is 0 Å². The van der Waals surface area contributed by atoms with Gasteiger partial charge >= 0.3 is 6.09 Å². The molecule has 2 rings (SSSR count). The number of likely N-dealkylation sites (tertiary alicyclic amines) is 1. The van der Waals surface area contributed by atoms with Crippen LogP contribution in [0.1, 0.15) is 19.3 Å². The minimum atomic E-state index is -0.258. The first-order valence-electron chi connectivity index (χ1n) is 5.30. The topological polar surface area (TPSA) is 33.4 Å². The molecule has 1 aliphatic heterocycles. The lowest BCUT2D eigenvalue weighted by Gasteiger charge is -2.23. The molecule has 1 fully saturated rings. The molecule has 0 saturated carbocycles. The molecule has 2 heterocycles. The van der Waals surface area contributed by atoms with E-state index < -0.39 is 0 Å². The quantitative estimate of drug-likeness (QED) is 0.644. The fourth-order valence-corrected chi connectivity index (χ4v) is 1.67. The van der Waals surface area contributed by atoms with E-state index in [-0.39, 0.29) is 6.09 Å². The van der Waals surface area contributed by atoms with Gasteiger partial charge in [0.2, 0.25) is 12.4 Å². The normalized spacial score (nSPS) is 16.1. The summed E-state index contributed by atoms with van der Waals surface area (Å²) in [7, 11) is 0. The van der Waals surface area contributed by atoms with Crippen LogP contribution in [0.4, 0.5) is 4.79 Å². The highest BCUT2D eigenvalue weighted by Gasteiger charge is 2.21. The van der Waals surface area contributed by atoms with Crippen molar-refractivity contribution >= 4 is 6.09 Å². The van der Waals surface area contributed by atoms with Crippen LogP contribution in [-0.4, -0.2) is 24.1 Å². The Kier molecular flexibility index (Phi) is 3.17. The number of rotatable bonds is 1. The van der Waals surface area contributed by atoms with E-state index in [9.17, 15) is 4.79 Å². The summed E-state index contributed by atoms with van der Waals surface area (Å²) in [6.45, 7) is 1.62. The predicted molar refractivity (Wildman–Crippen MR) is 54.0 cm³/mol. The van der Waals surface area contributed by atoms with Crippen LogP contribution < -0.4 is 9.57 Å². The van der Waals surface area contributed by atoms with Gasteiger partial charge in [0, 0.05) is 30.0 Å². The van der Waals surface area contributed by atoms with Crippen LogP contribution in [0.25, 0.3) is 0 Å². The Morgan fingerprint density at radius 3 is 2.40 bits per heavy atom. The summed E-state index contributed by atoms with van der Waals surface area (Å²) in [6, 6.07) is 5.53. The molecule has 0 N–H and O–H groups in total. The summed E-state index contributed by atoms with van der Waals surface area (Å²) in [5.74, 6) is 0. The molecule has 1 saturated heterocycles. The van der Waals surface area contributed by atoms with E-state index in [0.29, 0.717) is 0 Å². The Hall–Kier alpha value is -1.58. The van der Waals surface area contributed by atoms with Crippen molar-refractivity contribution in [2.24, 2.45) is 0 Å². The predicted octanol–water partition coefficient (Wildman–Crippen LogP) is 1.01. The Morgan fingerprint density at radius 1 is 1.07 bits per heavy atom. The number of hydrogen-bond acceptors (Lipinski definition) is 2. The molecule has 0 spiro atoms. The standard InChI is InChI=1S/C11H15N2O2/c14-11(12-7-3-1-4-8-12)15-13-9-5-2-6-10-13/h2,5-6,9-10H,1,3-4,7-8H2/q+1. The van der Waals surface area contributed by atoms with E-state index in [0.717, 1.165) is 25.9 Å². The van der Waals surface area contributed by atoms with Gasteiger partial charge in [-0.1, -0.05) is 6.07 Å². The van der Waals surface area contributed by atoms with Gasteiger partial charge in [-0.2, -0.15) is 4.84 Å². The van der Waals surface area contributed by atoms with Gasteiger partial charge in [-0.3, -0.25) is 0 Å². The maximum absolute atomic E-state index is 11.7. The number of hydrogen-bond donors (Lipinski definition) is 0. The first-order valence-corrected chi connectivity index (χ1v) is 5.30. The summed E-state index contributed by atoms with van der Waals surface area (Å²) in [6.07, 6.45) is 6.53. The third-order valence-corrected chi connectivity index (χ3v) is 2.49. The monoisotopic (exact) mass is 207 g/mol. The molecule has 4 nitrogen and oxygen atoms in total. The first kappa shape index (κ1) is 9.96. The molecular weight excluding hydrogens is 192 g/mol. The van der Waals surface area contributed by atoms with Crippen molar-refractivity contribution < 1.29 is 14.4 Å². The Balaban J connectivity index is 1.91. The number of aromatic nitrogens is 1. The van der Waals surface area contributed by atoms with Crippen LogP contribution >= 0.6 is 0 Å². The molecule has 1 aliphatic rings. The van der Waals surface area contributed by atoms with E-state index in [4.69, 9.17) is 4.84 Å². The molecular formula is C11H15N2O2+. The van der Waals surface area contributed by atoms with Gasteiger partial charge in [0.05, 0.1) is 0 Å². The van der Waals surface area contributed by atoms with Crippen LogP contribution in [0, 0.1) is 0 Å². The van der Waals surface area contributed by atoms with Gasteiger partial charge in [0.15, 0.2) is 0 Å². The number of pyridine rings is 1. The summed E-state index contributed by atoms with van der Waals surface area (Å²) < 4.78 is 1.43. The average Bonchev–Trinajstić information content (AvgIpc) is 2.31. The molecule has 0 aliphatic carbocycles. The fraction of sp³-hybridized carbons (Fsp3) is 0.455. The van der Waals surface area contributed by atoms with Gasteiger partial charge in [0.1, 0.15) is 0 Å². The molecule has 80 valence electrons. The number of carbonyl (C=O) groups excluding carboxylic acids is 1. The maximum Gasteiger partial charge on any atom is 0.478 e. The average molecular weight is 207 g/mol. The lowest BCUT2D eigenvalue weighted by atomic mass is 10.1. The number of nitrogens with zero attached hydrogens (tertiary/aromatic N) is 2. The molecule has 0 aromatic carbocycles. The van der Waals surface area contributed by atoms with Gasteiger partial charge < -0.3 is 4.90 Å². The van der Waals surface area contributed by atoms with Crippen LogP contribution in [0.3, 0.4) is 0 Å².